The summed E-state index contributed by atoms with van der Waals surface area (Å²) in [4.78, 5) is 0. The van der Waals surface area contributed by atoms with Crippen molar-refractivity contribution >= 4 is 11.6 Å². The SMILES string of the molecule is [2H]C([2H])([2H])Oc1ccc(Cc2cc([C@]3(OC)OC(CO)(CO)[C@H](OCc4ccccc4)[C@H](OCc4ccccc4)[C@H]3OCc3ccccc3)ccc2Cl)cc1F. The van der Waals surface area contributed by atoms with Crippen LogP contribution in [-0.2, 0) is 55.7 Å². The highest BCUT2D eigenvalue weighted by molar-refractivity contribution is 6.31. The van der Waals surface area contributed by atoms with Crippen LogP contribution < -0.4 is 4.74 Å². The van der Waals surface area contributed by atoms with Gasteiger partial charge in [0.05, 0.1) is 44.2 Å². The number of benzene rings is 5. The molecule has 0 aliphatic carbocycles. The minimum atomic E-state index is -2.82. The Hall–Kier alpha value is -4.16. The van der Waals surface area contributed by atoms with Crippen molar-refractivity contribution in [2.45, 2.75) is 55.9 Å². The zero-order valence-electron chi connectivity index (χ0n) is 32.2. The van der Waals surface area contributed by atoms with Gasteiger partial charge in [-0.3, -0.25) is 0 Å². The number of methoxy groups -OCH3 is 2. The smallest absolute Gasteiger partial charge is 0.225 e. The van der Waals surface area contributed by atoms with Crippen molar-refractivity contribution in [3.05, 3.63) is 172 Å². The van der Waals surface area contributed by atoms with Gasteiger partial charge in [-0.1, -0.05) is 115 Å². The maximum Gasteiger partial charge on any atom is 0.225 e. The van der Waals surface area contributed by atoms with Gasteiger partial charge in [-0.05, 0) is 58.5 Å². The van der Waals surface area contributed by atoms with Crippen LogP contribution in [0.3, 0.4) is 0 Å². The van der Waals surface area contributed by atoms with E-state index in [2.05, 4.69) is 0 Å². The second kappa shape index (κ2) is 17.8. The van der Waals surface area contributed by atoms with Crippen molar-refractivity contribution in [1.29, 1.82) is 0 Å². The number of hydrogen-bond acceptors (Lipinski definition) is 8. The van der Waals surface area contributed by atoms with Crippen molar-refractivity contribution in [3.8, 4) is 5.75 Å². The van der Waals surface area contributed by atoms with E-state index in [9.17, 15) is 10.2 Å². The molecule has 0 saturated carbocycles. The molecule has 0 radical (unpaired) electrons. The third kappa shape index (κ3) is 8.64. The molecule has 2 N–H and O–H groups in total. The Morgan fingerprint density at radius 1 is 0.717 bits per heavy atom. The van der Waals surface area contributed by atoms with Crippen LogP contribution in [0.2, 0.25) is 5.02 Å². The third-order valence-corrected chi connectivity index (χ3v) is 9.83. The predicted molar refractivity (Wildman–Crippen MR) is 199 cm³/mol. The molecule has 0 aromatic heterocycles. The molecule has 6 rings (SSSR count). The van der Waals surface area contributed by atoms with Crippen molar-refractivity contribution in [2.24, 2.45) is 0 Å². The van der Waals surface area contributed by atoms with Crippen LogP contribution in [0.5, 0.6) is 5.75 Å². The molecule has 53 heavy (non-hydrogen) atoms. The first-order valence-corrected chi connectivity index (χ1v) is 17.6. The molecular formula is C43H44ClFO8. The van der Waals surface area contributed by atoms with E-state index in [0.29, 0.717) is 21.7 Å². The van der Waals surface area contributed by atoms with Crippen molar-refractivity contribution in [2.75, 3.05) is 27.4 Å². The minimum absolute atomic E-state index is 0.102. The molecule has 10 heteroatoms. The summed E-state index contributed by atoms with van der Waals surface area (Å²) in [6.07, 6.45) is -3.08. The van der Waals surface area contributed by atoms with Crippen LogP contribution in [0, 0.1) is 5.82 Å². The lowest BCUT2D eigenvalue weighted by Gasteiger charge is -2.56. The number of aliphatic hydroxyl groups is 2. The molecule has 0 unspecified atom stereocenters. The topological polar surface area (TPSA) is 95.8 Å². The Labute approximate surface area is 318 Å². The van der Waals surface area contributed by atoms with Gasteiger partial charge in [-0.15, -0.1) is 0 Å². The van der Waals surface area contributed by atoms with Crippen LogP contribution in [-0.4, -0.2) is 61.5 Å². The first-order valence-electron chi connectivity index (χ1n) is 18.7. The molecule has 4 atom stereocenters. The average molecular weight is 746 g/mol. The molecule has 1 fully saturated rings. The average Bonchev–Trinajstić information content (AvgIpc) is 3.21. The van der Waals surface area contributed by atoms with Crippen LogP contribution in [0.4, 0.5) is 4.39 Å². The number of ether oxygens (including phenoxy) is 6. The predicted octanol–water partition coefficient (Wildman–Crippen LogP) is 7.39. The van der Waals surface area contributed by atoms with Gasteiger partial charge in [0.25, 0.3) is 0 Å². The number of rotatable bonds is 16. The molecule has 5 aromatic carbocycles. The molecule has 1 heterocycles. The van der Waals surface area contributed by atoms with Gasteiger partial charge in [-0.2, -0.15) is 0 Å². The Morgan fingerprint density at radius 2 is 1.28 bits per heavy atom. The Kier molecular flexibility index (Phi) is 11.6. The Balaban J connectivity index is 1.45. The van der Waals surface area contributed by atoms with E-state index in [1.54, 1.807) is 24.3 Å². The fraction of sp³-hybridized carbons (Fsp3) is 0.302. The van der Waals surface area contributed by atoms with E-state index in [0.717, 1.165) is 16.7 Å². The molecule has 1 saturated heterocycles. The van der Waals surface area contributed by atoms with Crippen LogP contribution in [0.25, 0.3) is 0 Å². The quantitative estimate of drug-likeness (QED) is 0.108. The van der Waals surface area contributed by atoms with Crippen LogP contribution >= 0.6 is 11.6 Å². The van der Waals surface area contributed by atoms with E-state index < -0.39 is 61.5 Å². The second-order valence-electron chi connectivity index (χ2n) is 12.9. The summed E-state index contributed by atoms with van der Waals surface area (Å²) in [6.45, 7) is -1.05. The molecule has 1 aliphatic rings. The molecule has 0 amide bonds. The van der Waals surface area contributed by atoms with Gasteiger partial charge in [-0.25, -0.2) is 4.39 Å². The summed E-state index contributed by atoms with van der Waals surface area (Å²) in [5.74, 6) is -3.10. The summed E-state index contributed by atoms with van der Waals surface area (Å²) >= 11 is 6.76. The van der Waals surface area contributed by atoms with Gasteiger partial charge in [0, 0.05) is 17.7 Å². The van der Waals surface area contributed by atoms with Crippen LogP contribution in [0.1, 0.15) is 37.5 Å². The van der Waals surface area contributed by atoms with Gasteiger partial charge in [0.2, 0.25) is 5.79 Å². The summed E-state index contributed by atoms with van der Waals surface area (Å²) in [5, 5.41) is 22.7. The van der Waals surface area contributed by atoms with E-state index in [-0.39, 0.29) is 26.2 Å². The minimum Gasteiger partial charge on any atom is -0.494 e. The number of aliphatic hydroxyl groups excluding tert-OH is 2. The van der Waals surface area contributed by atoms with Crippen molar-refractivity contribution < 1.29 is 47.1 Å². The third-order valence-electron chi connectivity index (χ3n) is 9.46. The molecule has 1 aliphatic heterocycles. The summed E-state index contributed by atoms with van der Waals surface area (Å²) in [6, 6.07) is 37.6. The van der Waals surface area contributed by atoms with Gasteiger partial charge < -0.3 is 38.6 Å². The lowest BCUT2D eigenvalue weighted by molar-refractivity contribution is -0.417. The van der Waals surface area contributed by atoms with Crippen LogP contribution in [0.15, 0.2) is 127 Å². The normalized spacial score (nSPS) is 22.1. The number of hydrogen-bond donors (Lipinski definition) is 2. The highest BCUT2D eigenvalue weighted by Gasteiger charge is 2.64. The summed E-state index contributed by atoms with van der Waals surface area (Å²) in [5.41, 5.74) is 2.19. The monoisotopic (exact) mass is 745 g/mol. The zero-order chi connectivity index (χ0) is 39.8. The van der Waals surface area contributed by atoms with Crippen molar-refractivity contribution in [1.82, 2.24) is 0 Å². The zero-order valence-corrected chi connectivity index (χ0v) is 30.0. The molecular weight excluding hydrogens is 699 g/mol. The maximum absolute atomic E-state index is 15.0. The molecule has 5 aromatic rings. The summed E-state index contributed by atoms with van der Waals surface area (Å²) < 4.78 is 75.2. The first kappa shape index (κ1) is 34.6. The molecule has 0 bridgehead atoms. The maximum atomic E-state index is 15.0. The lowest BCUT2D eigenvalue weighted by atomic mass is 9.80. The van der Waals surface area contributed by atoms with E-state index in [1.165, 1.54) is 19.2 Å². The van der Waals surface area contributed by atoms with E-state index in [1.807, 2.05) is 91.0 Å². The number of halogens is 2. The first-order chi connectivity index (χ1) is 27.0. The molecule has 278 valence electrons. The van der Waals surface area contributed by atoms with Gasteiger partial charge >= 0.3 is 0 Å². The highest BCUT2D eigenvalue weighted by Crippen LogP contribution is 2.48. The second-order valence-corrected chi connectivity index (χ2v) is 13.3. The van der Waals surface area contributed by atoms with Gasteiger partial charge in [0.15, 0.2) is 11.6 Å². The highest BCUT2D eigenvalue weighted by atomic mass is 35.5. The summed E-state index contributed by atoms with van der Waals surface area (Å²) in [7, 11) is -1.38. The Bertz CT molecular complexity index is 2000. The Morgan fingerprint density at radius 3 is 1.81 bits per heavy atom. The largest absolute Gasteiger partial charge is 0.494 e. The standard InChI is InChI=1S/C43H44ClFO8/c1-48-38-21-18-33(23-37(38)45)22-34-24-35(19-20-36(34)44)43(49-2)41(52-27-32-16-10-5-11-17-32)39(50-25-30-12-6-3-7-13-30)40(42(28-46,29-47)53-43)51-26-31-14-8-4-9-15-31/h3-21,23-24,39-41,46-47H,22,25-29H2,1-2H3/t39-,40+,41+,43-/m0/s1/i1D3. The fourth-order valence-corrected chi connectivity index (χ4v) is 6.87. The van der Waals surface area contributed by atoms with Gasteiger partial charge in [0.1, 0.15) is 23.9 Å². The fourth-order valence-electron chi connectivity index (χ4n) is 6.68. The molecule has 8 nitrogen and oxygen atoms in total. The van der Waals surface area contributed by atoms with E-state index in [4.69, 9.17) is 44.1 Å². The van der Waals surface area contributed by atoms with E-state index >= 15 is 4.39 Å². The van der Waals surface area contributed by atoms with Crippen molar-refractivity contribution in [3.63, 3.8) is 0 Å². The molecule has 0 spiro atoms. The lowest BCUT2D eigenvalue weighted by Crippen LogP contribution is -2.72.